The maximum absolute atomic E-state index is 12.1. The van der Waals surface area contributed by atoms with E-state index in [1.54, 1.807) is 0 Å². The minimum atomic E-state index is -0.882. The number of carbonyl (C=O) groups is 2. The van der Waals surface area contributed by atoms with Crippen LogP contribution in [0.1, 0.15) is 16.7 Å². The summed E-state index contributed by atoms with van der Waals surface area (Å²) in [7, 11) is 0. The van der Waals surface area contributed by atoms with Crippen molar-refractivity contribution in [3.8, 4) is 0 Å². The first kappa shape index (κ1) is 15.4. The van der Waals surface area contributed by atoms with E-state index in [9.17, 15) is 9.59 Å². The summed E-state index contributed by atoms with van der Waals surface area (Å²) in [4.78, 5) is 24.3. The Morgan fingerprint density at radius 2 is 2.15 bits per heavy atom. The third-order valence-electron chi connectivity index (χ3n) is 3.33. The fraction of sp³-hybridized carbons (Fsp3) is 0.429. The summed E-state index contributed by atoms with van der Waals surface area (Å²) < 4.78 is 1.07. The molecular formula is C14H16BrNO3S. The van der Waals surface area contributed by atoms with Crippen LogP contribution in [0.2, 0.25) is 0 Å². The lowest BCUT2D eigenvalue weighted by Gasteiger charge is -2.30. The number of halogens is 1. The minimum Gasteiger partial charge on any atom is -0.481 e. The smallest absolute Gasteiger partial charge is 0.313 e. The molecule has 6 heteroatoms. The van der Waals surface area contributed by atoms with Crippen molar-refractivity contribution in [2.24, 2.45) is 0 Å². The molecule has 0 fully saturated rings. The normalized spacial score (nSPS) is 14.0. The summed E-state index contributed by atoms with van der Waals surface area (Å²) in [5.41, 5.74) is 3.69. The molecule has 20 heavy (non-hydrogen) atoms. The largest absolute Gasteiger partial charge is 0.481 e. The van der Waals surface area contributed by atoms with Gasteiger partial charge in [-0.2, -0.15) is 0 Å². The second-order valence-corrected chi connectivity index (χ2v) is 6.71. The molecule has 1 heterocycles. The maximum Gasteiger partial charge on any atom is 0.313 e. The number of amides is 1. The van der Waals surface area contributed by atoms with Crippen molar-refractivity contribution in [3.63, 3.8) is 0 Å². The highest BCUT2D eigenvalue weighted by molar-refractivity contribution is 9.10. The monoisotopic (exact) mass is 357 g/mol. The Bertz CT molecular complexity index is 547. The van der Waals surface area contributed by atoms with Crippen molar-refractivity contribution in [1.29, 1.82) is 0 Å². The molecule has 0 saturated heterocycles. The summed E-state index contributed by atoms with van der Waals surface area (Å²) in [6.45, 7) is 3.38. The van der Waals surface area contributed by atoms with Gasteiger partial charge in [-0.25, -0.2) is 0 Å². The Hall–Kier alpha value is -1.01. The molecule has 1 aliphatic heterocycles. The summed E-state index contributed by atoms with van der Waals surface area (Å²) >= 11 is 4.65. The van der Waals surface area contributed by atoms with Gasteiger partial charge in [0.15, 0.2) is 0 Å². The van der Waals surface area contributed by atoms with E-state index in [4.69, 9.17) is 5.11 Å². The van der Waals surface area contributed by atoms with E-state index in [2.05, 4.69) is 35.0 Å². The van der Waals surface area contributed by atoms with Crippen LogP contribution in [0.5, 0.6) is 0 Å². The molecule has 0 bridgehead atoms. The van der Waals surface area contributed by atoms with E-state index in [-0.39, 0.29) is 17.4 Å². The van der Waals surface area contributed by atoms with E-state index in [0.29, 0.717) is 13.1 Å². The zero-order valence-electron chi connectivity index (χ0n) is 11.2. The van der Waals surface area contributed by atoms with Crippen molar-refractivity contribution < 1.29 is 14.7 Å². The SMILES string of the molecule is Cc1cc(Br)cc2c1CN(C(=O)CSCC(=O)O)CC2. The van der Waals surface area contributed by atoms with Gasteiger partial charge in [0.25, 0.3) is 0 Å². The minimum absolute atomic E-state index is 0.0178. The second-order valence-electron chi connectivity index (χ2n) is 4.81. The Morgan fingerprint density at radius 1 is 1.40 bits per heavy atom. The molecule has 0 aliphatic carbocycles. The first-order valence-corrected chi connectivity index (χ1v) is 8.27. The number of nitrogens with zero attached hydrogens (tertiary/aromatic N) is 1. The summed E-state index contributed by atoms with van der Waals surface area (Å²) in [5.74, 6) is -0.656. The predicted molar refractivity (Wildman–Crippen MR) is 83.0 cm³/mol. The maximum atomic E-state index is 12.1. The Labute approximate surface area is 130 Å². The van der Waals surface area contributed by atoms with E-state index in [1.165, 1.54) is 16.7 Å². The van der Waals surface area contributed by atoms with E-state index >= 15 is 0 Å². The molecule has 2 rings (SSSR count). The molecule has 0 unspecified atom stereocenters. The van der Waals surface area contributed by atoms with Crippen molar-refractivity contribution in [2.75, 3.05) is 18.1 Å². The highest BCUT2D eigenvalue weighted by Gasteiger charge is 2.22. The molecule has 1 aromatic rings. The van der Waals surface area contributed by atoms with Gasteiger partial charge < -0.3 is 10.0 Å². The standard InChI is InChI=1S/C14H16BrNO3S/c1-9-4-11(15)5-10-2-3-16(6-12(9)10)13(17)7-20-8-14(18)19/h4-5H,2-3,6-8H2,1H3,(H,18,19). The number of thioether (sulfide) groups is 1. The van der Waals surface area contributed by atoms with Gasteiger partial charge in [-0.15, -0.1) is 11.8 Å². The first-order valence-electron chi connectivity index (χ1n) is 6.32. The van der Waals surface area contributed by atoms with Gasteiger partial charge in [0.05, 0.1) is 11.5 Å². The van der Waals surface area contributed by atoms with Crippen LogP contribution in [0.3, 0.4) is 0 Å². The zero-order chi connectivity index (χ0) is 14.7. The topological polar surface area (TPSA) is 57.6 Å². The Morgan fingerprint density at radius 3 is 2.85 bits per heavy atom. The van der Waals surface area contributed by atoms with Gasteiger partial charge in [0, 0.05) is 17.6 Å². The summed E-state index contributed by atoms with van der Waals surface area (Å²) in [6, 6.07) is 4.18. The summed E-state index contributed by atoms with van der Waals surface area (Å²) in [6.07, 6.45) is 0.852. The highest BCUT2D eigenvalue weighted by atomic mass is 79.9. The average molecular weight is 358 g/mol. The number of rotatable bonds is 4. The van der Waals surface area contributed by atoms with Crippen molar-refractivity contribution in [2.45, 2.75) is 19.9 Å². The number of benzene rings is 1. The highest BCUT2D eigenvalue weighted by Crippen LogP contribution is 2.26. The third kappa shape index (κ3) is 3.76. The van der Waals surface area contributed by atoms with Crippen LogP contribution in [0, 0.1) is 6.92 Å². The van der Waals surface area contributed by atoms with Crippen molar-refractivity contribution >= 4 is 39.6 Å². The van der Waals surface area contributed by atoms with E-state index in [0.717, 1.165) is 22.7 Å². The van der Waals surface area contributed by atoms with Gasteiger partial charge in [0.2, 0.25) is 5.91 Å². The number of carbonyl (C=O) groups excluding carboxylic acids is 1. The number of aliphatic carboxylic acids is 1. The van der Waals surface area contributed by atoms with Crippen LogP contribution >= 0.6 is 27.7 Å². The molecule has 0 atom stereocenters. The van der Waals surface area contributed by atoms with Gasteiger partial charge in [-0.05, 0) is 42.2 Å². The number of aryl methyl sites for hydroxylation is 1. The van der Waals surface area contributed by atoms with Crippen molar-refractivity contribution in [1.82, 2.24) is 4.90 Å². The Kier molecular flexibility index (Phi) is 5.10. The fourth-order valence-corrected chi connectivity index (χ4v) is 3.60. The van der Waals surface area contributed by atoms with E-state index < -0.39 is 5.97 Å². The fourth-order valence-electron chi connectivity index (χ4n) is 2.35. The molecule has 0 saturated carbocycles. The molecule has 0 spiro atoms. The molecule has 1 aliphatic rings. The number of carboxylic acids is 1. The molecule has 4 nitrogen and oxygen atoms in total. The van der Waals surface area contributed by atoms with Gasteiger partial charge >= 0.3 is 5.97 Å². The Balaban J connectivity index is 2.00. The van der Waals surface area contributed by atoms with Crippen LogP contribution in [0.15, 0.2) is 16.6 Å². The molecule has 1 N–H and O–H groups in total. The van der Waals surface area contributed by atoms with Crippen LogP contribution < -0.4 is 0 Å². The summed E-state index contributed by atoms with van der Waals surface area (Å²) in [5, 5.41) is 8.58. The number of hydrogen-bond acceptors (Lipinski definition) is 3. The number of carboxylic acid groups (broad SMARTS) is 1. The lowest BCUT2D eigenvalue weighted by Crippen LogP contribution is -2.37. The predicted octanol–water partition coefficient (Wildman–Crippen LogP) is 2.46. The van der Waals surface area contributed by atoms with E-state index in [1.807, 2.05) is 4.90 Å². The van der Waals surface area contributed by atoms with Crippen molar-refractivity contribution in [3.05, 3.63) is 33.3 Å². The number of hydrogen-bond donors (Lipinski definition) is 1. The lowest BCUT2D eigenvalue weighted by atomic mass is 9.95. The van der Waals surface area contributed by atoms with Gasteiger partial charge in [-0.1, -0.05) is 15.9 Å². The van der Waals surface area contributed by atoms with Gasteiger partial charge in [0.1, 0.15) is 0 Å². The van der Waals surface area contributed by atoms with Gasteiger partial charge in [-0.3, -0.25) is 9.59 Å². The first-order chi connectivity index (χ1) is 9.47. The molecule has 0 radical (unpaired) electrons. The lowest BCUT2D eigenvalue weighted by molar-refractivity contribution is -0.133. The second kappa shape index (κ2) is 6.63. The van der Waals surface area contributed by atoms with Crippen LogP contribution in [0.4, 0.5) is 0 Å². The molecule has 1 aromatic carbocycles. The molecule has 0 aromatic heterocycles. The average Bonchev–Trinajstić information content (AvgIpc) is 2.37. The van der Waals surface area contributed by atoms with Crippen LogP contribution in [0.25, 0.3) is 0 Å². The molecule has 1 amide bonds. The molecule has 108 valence electrons. The molecular weight excluding hydrogens is 342 g/mol. The zero-order valence-corrected chi connectivity index (χ0v) is 13.6. The third-order valence-corrected chi connectivity index (χ3v) is 4.69. The van der Waals surface area contributed by atoms with Crippen LogP contribution in [-0.2, 0) is 22.6 Å². The van der Waals surface area contributed by atoms with Crippen LogP contribution in [-0.4, -0.2) is 39.9 Å². The quantitative estimate of drug-likeness (QED) is 0.898. The number of fused-ring (bicyclic) bond motifs is 1.